The van der Waals surface area contributed by atoms with Gasteiger partial charge in [0.2, 0.25) is 5.91 Å². The highest BCUT2D eigenvalue weighted by Crippen LogP contribution is 2.22. The van der Waals surface area contributed by atoms with E-state index in [1.54, 1.807) is 18.2 Å². The van der Waals surface area contributed by atoms with Crippen molar-refractivity contribution in [2.45, 2.75) is 19.4 Å². The summed E-state index contributed by atoms with van der Waals surface area (Å²) < 4.78 is 27.5. The van der Waals surface area contributed by atoms with Crippen molar-refractivity contribution in [1.82, 2.24) is 15.1 Å². The molecule has 31 heavy (non-hydrogen) atoms. The molecule has 2 aromatic carbocycles. The molecule has 4 rings (SSSR count). The second kappa shape index (κ2) is 9.07. The minimum atomic E-state index is -0.390. The van der Waals surface area contributed by atoms with Gasteiger partial charge in [0, 0.05) is 25.7 Å². The Kier molecular flexibility index (Phi) is 6.06. The van der Waals surface area contributed by atoms with E-state index in [0.717, 1.165) is 24.9 Å². The van der Waals surface area contributed by atoms with Crippen molar-refractivity contribution in [3.63, 3.8) is 0 Å². The van der Waals surface area contributed by atoms with Gasteiger partial charge in [-0.3, -0.25) is 9.59 Å². The van der Waals surface area contributed by atoms with Crippen LogP contribution >= 0.6 is 0 Å². The van der Waals surface area contributed by atoms with E-state index in [9.17, 15) is 18.4 Å². The zero-order valence-electron chi connectivity index (χ0n) is 16.8. The minimum absolute atomic E-state index is 0.0686. The monoisotopic (exact) mass is 424 g/mol. The Morgan fingerprint density at radius 3 is 2.39 bits per heavy atom. The van der Waals surface area contributed by atoms with Crippen LogP contribution in [-0.4, -0.2) is 28.8 Å². The summed E-state index contributed by atoms with van der Waals surface area (Å²) in [6, 6.07) is 14.6. The van der Waals surface area contributed by atoms with Crippen LogP contribution in [0.4, 0.5) is 14.6 Å². The summed E-state index contributed by atoms with van der Waals surface area (Å²) >= 11 is 0. The number of carbonyl (C=O) groups is 1. The highest BCUT2D eigenvalue weighted by atomic mass is 19.1. The standard InChI is InChI=1S/C23H22F2N4O2/c24-18-5-3-16(4-6-18)14-26-23(31)17-2-1-13-28(15-17)21-11-12-22(30)29(27-21)20-9-7-19(25)8-10-20/h3-12,17H,1-2,13-15H2,(H,26,31)/t17-/m0/s1. The van der Waals surface area contributed by atoms with E-state index >= 15 is 0 Å². The van der Waals surface area contributed by atoms with E-state index in [4.69, 9.17) is 0 Å². The Hall–Kier alpha value is -3.55. The van der Waals surface area contributed by atoms with Crippen molar-refractivity contribution in [2.75, 3.05) is 18.0 Å². The highest BCUT2D eigenvalue weighted by Gasteiger charge is 2.26. The van der Waals surface area contributed by atoms with E-state index in [-0.39, 0.29) is 23.2 Å². The summed E-state index contributed by atoms with van der Waals surface area (Å²) in [4.78, 5) is 26.9. The normalized spacial score (nSPS) is 16.2. The molecule has 6 nitrogen and oxygen atoms in total. The largest absolute Gasteiger partial charge is 0.354 e. The molecule has 0 bridgehead atoms. The topological polar surface area (TPSA) is 67.2 Å². The van der Waals surface area contributed by atoms with Crippen molar-refractivity contribution < 1.29 is 13.6 Å². The lowest BCUT2D eigenvalue weighted by Crippen LogP contribution is -2.43. The average Bonchev–Trinajstić information content (AvgIpc) is 2.79. The molecule has 1 atom stereocenters. The second-order valence-electron chi connectivity index (χ2n) is 7.55. The van der Waals surface area contributed by atoms with Crippen molar-refractivity contribution >= 4 is 11.7 Å². The Morgan fingerprint density at radius 1 is 1.00 bits per heavy atom. The van der Waals surface area contributed by atoms with Crippen LogP contribution in [0.2, 0.25) is 0 Å². The van der Waals surface area contributed by atoms with Crippen molar-refractivity contribution in [2.24, 2.45) is 5.92 Å². The molecule has 3 aromatic rings. The third-order valence-electron chi connectivity index (χ3n) is 5.35. The molecular weight excluding hydrogens is 402 g/mol. The molecule has 0 unspecified atom stereocenters. The molecule has 1 amide bonds. The Morgan fingerprint density at radius 2 is 1.68 bits per heavy atom. The fourth-order valence-electron chi connectivity index (χ4n) is 3.67. The Bertz CT molecular complexity index is 1110. The van der Waals surface area contributed by atoms with E-state index in [0.29, 0.717) is 24.6 Å². The van der Waals surface area contributed by atoms with Crippen molar-refractivity contribution in [1.29, 1.82) is 0 Å². The van der Waals surface area contributed by atoms with Crippen LogP contribution in [0.3, 0.4) is 0 Å². The lowest BCUT2D eigenvalue weighted by molar-refractivity contribution is -0.125. The predicted molar refractivity (Wildman–Crippen MR) is 113 cm³/mol. The van der Waals surface area contributed by atoms with Gasteiger partial charge in [-0.05, 0) is 60.9 Å². The first-order valence-electron chi connectivity index (χ1n) is 10.1. The number of hydrogen-bond acceptors (Lipinski definition) is 4. The van der Waals surface area contributed by atoms with Crippen LogP contribution in [0, 0.1) is 17.6 Å². The van der Waals surface area contributed by atoms with Gasteiger partial charge in [0.25, 0.3) is 5.56 Å². The molecule has 8 heteroatoms. The predicted octanol–water partition coefficient (Wildman–Crippen LogP) is 3.04. The van der Waals surface area contributed by atoms with Crippen LogP contribution in [0.1, 0.15) is 18.4 Å². The molecule has 0 aliphatic carbocycles. The number of nitrogens with one attached hydrogen (secondary N) is 1. The SMILES string of the molecule is O=C(NCc1ccc(F)cc1)[C@H]1CCCN(c2ccc(=O)n(-c3ccc(F)cc3)n2)C1. The number of anilines is 1. The summed E-state index contributed by atoms with van der Waals surface area (Å²) in [5.41, 5.74) is 0.982. The molecule has 0 saturated carbocycles. The molecule has 1 aliphatic rings. The number of hydrogen-bond donors (Lipinski definition) is 1. The van der Waals surface area contributed by atoms with Crippen LogP contribution in [0.25, 0.3) is 5.69 Å². The van der Waals surface area contributed by atoms with Gasteiger partial charge in [-0.25, -0.2) is 8.78 Å². The van der Waals surface area contributed by atoms with Gasteiger partial charge in [0.05, 0.1) is 11.6 Å². The first-order chi connectivity index (χ1) is 15.0. The smallest absolute Gasteiger partial charge is 0.271 e. The fourth-order valence-corrected chi connectivity index (χ4v) is 3.67. The van der Waals surface area contributed by atoms with Gasteiger partial charge in [0.1, 0.15) is 17.5 Å². The molecular formula is C23H22F2N4O2. The third kappa shape index (κ3) is 4.96. The minimum Gasteiger partial charge on any atom is -0.354 e. The van der Waals surface area contributed by atoms with Crippen molar-refractivity contribution in [3.8, 4) is 5.69 Å². The maximum atomic E-state index is 13.2. The summed E-state index contributed by atoms with van der Waals surface area (Å²) in [5.74, 6) is -0.408. The Labute approximate surface area is 178 Å². The first-order valence-corrected chi connectivity index (χ1v) is 10.1. The van der Waals surface area contributed by atoms with Crippen LogP contribution < -0.4 is 15.8 Å². The molecule has 0 radical (unpaired) electrons. The van der Waals surface area contributed by atoms with Gasteiger partial charge < -0.3 is 10.2 Å². The Balaban J connectivity index is 1.45. The number of benzene rings is 2. The van der Waals surface area contributed by atoms with Gasteiger partial charge in [0.15, 0.2) is 0 Å². The lowest BCUT2D eigenvalue weighted by atomic mass is 9.97. The molecule has 1 aliphatic heterocycles. The highest BCUT2D eigenvalue weighted by molar-refractivity contribution is 5.79. The molecule has 1 aromatic heterocycles. The van der Waals surface area contributed by atoms with Crippen LogP contribution in [0.5, 0.6) is 0 Å². The summed E-state index contributed by atoms with van der Waals surface area (Å²) in [6.07, 6.45) is 1.56. The summed E-state index contributed by atoms with van der Waals surface area (Å²) in [6.45, 7) is 1.53. The van der Waals surface area contributed by atoms with Crippen molar-refractivity contribution in [3.05, 3.63) is 88.2 Å². The number of rotatable bonds is 5. The zero-order valence-corrected chi connectivity index (χ0v) is 16.8. The number of amides is 1. The van der Waals surface area contributed by atoms with Crippen LogP contribution in [0.15, 0.2) is 65.5 Å². The summed E-state index contributed by atoms with van der Waals surface area (Å²) in [7, 11) is 0. The van der Waals surface area contributed by atoms with Gasteiger partial charge in [-0.1, -0.05) is 12.1 Å². The number of aromatic nitrogens is 2. The van der Waals surface area contributed by atoms with E-state index in [1.807, 2.05) is 4.90 Å². The lowest BCUT2D eigenvalue weighted by Gasteiger charge is -2.33. The summed E-state index contributed by atoms with van der Waals surface area (Å²) in [5, 5.41) is 7.34. The quantitative estimate of drug-likeness (QED) is 0.684. The van der Waals surface area contributed by atoms with E-state index in [2.05, 4.69) is 10.4 Å². The third-order valence-corrected chi connectivity index (χ3v) is 5.35. The van der Waals surface area contributed by atoms with Crippen LogP contribution in [-0.2, 0) is 11.3 Å². The van der Waals surface area contributed by atoms with Gasteiger partial charge in [-0.2, -0.15) is 4.68 Å². The number of carbonyl (C=O) groups excluding carboxylic acids is 1. The molecule has 1 saturated heterocycles. The number of nitrogens with zero attached hydrogens (tertiary/aromatic N) is 3. The molecule has 2 heterocycles. The fraction of sp³-hybridized carbons (Fsp3) is 0.261. The van der Waals surface area contributed by atoms with E-state index in [1.165, 1.54) is 47.1 Å². The average molecular weight is 424 g/mol. The zero-order chi connectivity index (χ0) is 21.8. The number of piperidine rings is 1. The van der Waals surface area contributed by atoms with Gasteiger partial charge in [-0.15, -0.1) is 5.10 Å². The maximum Gasteiger partial charge on any atom is 0.271 e. The molecule has 1 N–H and O–H groups in total. The van der Waals surface area contributed by atoms with Gasteiger partial charge >= 0.3 is 0 Å². The second-order valence-corrected chi connectivity index (χ2v) is 7.55. The number of halogens is 2. The molecule has 160 valence electrons. The maximum absolute atomic E-state index is 13.2. The molecule has 0 spiro atoms. The first kappa shape index (κ1) is 20.7. The molecule has 1 fully saturated rings. The van der Waals surface area contributed by atoms with E-state index < -0.39 is 5.82 Å².